The predicted octanol–water partition coefficient (Wildman–Crippen LogP) is 1.52. The molecule has 1 aromatic rings. The minimum absolute atomic E-state index is 0.0186. The van der Waals surface area contributed by atoms with Gasteiger partial charge in [-0.05, 0) is 12.8 Å². The molecule has 1 aromatic heterocycles. The molecule has 3 heterocycles. The molecule has 132 valence electrons. The number of urea groups is 1. The van der Waals surface area contributed by atoms with E-state index in [0.29, 0.717) is 25.9 Å². The van der Waals surface area contributed by atoms with Gasteiger partial charge in [0.15, 0.2) is 5.69 Å². The van der Waals surface area contributed by atoms with Crippen LogP contribution in [0, 0.1) is 5.92 Å². The van der Waals surface area contributed by atoms with Crippen LogP contribution in [0.1, 0.15) is 18.5 Å². The molecule has 2 saturated heterocycles. The number of rotatable bonds is 1. The van der Waals surface area contributed by atoms with Gasteiger partial charge in [0.2, 0.25) is 5.91 Å². The quantitative estimate of drug-likeness (QED) is 0.839. The molecule has 2 aliphatic rings. The van der Waals surface area contributed by atoms with E-state index in [2.05, 4.69) is 10.4 Å². The van der Waals surface area contributed by atoms with Crippen LogP contribution in [0.3, 0.4) is 0 Å². The van der Waals surface area contributed by atoms with Gasteiger partial charge in [0.05, 0.1) is 17.6 Å². The maximum atomic E-state index is 13.0. The molecule has 3 amide bonds. The number of piperidine rings is 1. The minimum atomic E-state index is -4.65. The molecule has 1 N–H and O–H groups in total. The number of likely N-dealkylation sites (tertiary alicyclic amines) is 2. The Balaban J connectivity index is 1.79. The second-order valence-electron chi connectivity index (χ2n) is 6.22. The first-order valence-electron chi connectivity index (χ1n) is 7.62. The summed E-state index contributed by atoms with van der Waals surface area (Å²) in [5, 5.41) is 5.67. The number of carbonyl (C=O) groups excluding carboxylic acids is 2. The molecule has 0 bridgehead atoms. The number of carbonyl (C=O) groups is 2. The maximum Gasteiger partial charge on any atom is 0.437 e. The zero-order valence-corrected chi connectivity index (χ0v) is 13.3. The smallest absolute Gasteiger partial charge is 0.343 e. The van der Waals surface area contributed by atoms with Crippen LogP contribution in [-0.2, 0) is 18.0 Å². The van der Waals surface area contributed by atoms with E-state index in [0.717, 1.165) is 10.9 Å². The summed E-state index contributed by atoms with van der Waals surface area (Å²) in [6.07, 6.45) is -2.20. The second-order valence-corrected chi connectivity index (χ2v) is 6.22. The summed E-state index contributed by atoms with van der Waals surface area (Å²) in [6, 6.07) is -0.937. The van der Waals surface area contributed by atoms with Gasteiger partial charge in [-0.3, -0.25) is 9.48 Å². The van der Waals surface area contributed by atoms with Crippen molar-refractivity contribution in [2.24, 2.45) is 13.0 Å². The Bertz CT molecular complexity index is 672. The third kappa shape index (κ3) is 2.80. The number of likely N-dealkylation sites (N-methyl/N-ethyl adjacent to an activating group) is 1. The highest BCUT2D eigenvalue weighted by atomic mass is 19.4. The van der Waals surface area contributed by atoms with Crippen LogP contribution < -0.4 is 5.32 Å². The second kappa shape index (κ2) is 5.67. The van der Waals surface area contributed by atoms with Gasteiger partial charge in [0.25, 0.3) is 0 Å². The number of anilines is 1. The van der Waals surface area contributed by atoms with E-state index in [-0.39, 0.29) is 23.6 Å². The molecule has 0 unspecified atom stereocenters. The van der Waals surface area contributed by atoms with E-state index in [4.69, 9.17) is 0 Å². The lowest BCUT2D eigenvalue weighted by Gasteiger charge is -2.35. The number of alkyl halides is 3. The van der Waals surface area contributed by atoms with Crippen LogP contribution in [0.25, 0.3) is 0 Å². The minimum Gasteiger partial charge on any atom is -0.343 e. The Morgan fingerprint density at radius 3 is 2.75 bits per heavy atom. The third-order valence-electron chi connectivity index (χ3n) is 4.53. The van der Waals surface area contributed by atoms with Crippen molar-refractivity contribution >= 4 is 17.6 Å². The van der Waals surface area contributed by atoms with Crippen LogP contribution >= 0.6 is 0 Å². The third-order valence-corrected chi connectivity index (χ3v) is 4.53. The van der Waals surface area contributed by atoms with Gasteiger partial charge in [-0.1, -0.05) is 0 Å². The normalized spacial score (nSPS) is 24.3. The van der Waals surface area contributed by atoms with Crippen molar-refractivity contribution in [2.45, 2.75) is 25.1 Å². The number of aromatic nitrogens is 2. The molecule has 0 saturated carbocycles. The molecular formula is C14H18F3N5O2. The van der Waals surface area contributed by atoms with Crippen LogP contribution in [-0.4, -0.2) is 57.7 Å². The maximum absolute atomic E-state index is 13.0. The zero-order chi connectivity index (χ0) is 17.6. The number of nitrogens with zero attached hydrogens (tertiary/aromatic N) is 4. The summed E-state index contributed by atoms with van der Waals surface area (Å²) in [6.45, 7) is 0.811. The van der Waals surface area contributed by atoms with Crippen molar-refractivity contribution in [3.8, 4) is 0 Å². The van der Waals surface area contributed by atoms with E-state index in [1.54, 1.807) is 11.9 Å². The Morgan fingerprint density at radius 2 is 2.08 bits per heavy atom. The van der Waals surface area contributed by atoms with E-state index < -0.39 is 17.9 Å². The van der Waals surface area contributed by atoms with Gasteiger partial charge in [-0.2, -0.15) is 18.3 Å². The fourth-order valence-electron chi connectivity index (χ4n) is 3.45. The Morgan fingerprint density at radius 1 is 1.38 bits per heavy atom. The van der Waals surface area contributed by atoms with Crippen molar-refractivity contribution in [2.75, 3.05) is 25.5 Å². The van der Waals surface area contributed by atoms with Crippen LogP contribution in [0.2, 0.25) is 0 Å². The van der Waals surface area contributed by atoms with Crippen LogP contribution in [0.5, 0.6) is 0 Å². The largest absolute Gasteiger partial charge is 0.437 e. The molecule has 10 heteroatoms. The van der Waals surface area contributed by atoms with Gasteiger partial charge < -0.3 is 15.1 Å². The average molecular weight is 345 g/mol. The van der Waals surface area contributed by atoms with E-state index >= 15 is 0 Å². The average Bonchev–Trinajstić information content (AvgIpc) is 2.99. The fourth-order valence-corrected chi connectivity index (χ4v) is 3.45. The highest BCUT2D eigenvalue weighted by Crippen LogP contribution is 2.35. The first kappa shape index (κ1) is 16.6. The van der Waals surface area contributed by atoms with E-state index in [1.165, 1.54) is 11.9 Å². The molecule has 24 heavy (non-hydrogen) atoms. The zero-order valence-electron chi connectivity index (χ0n) is 13.3. The SMILES string of the molecule is CN1C[C@@H]2[C@@H](CCCN2C(=O)Nc2cn(C)nc2C(F)(F)F)C1=O. The molecule has 0 radical (unpaired) electrons. The van der Waals surface area contributed by atoms with Crippen molar-refractivity contribution in [3.05, 3.63) is 11.9 Å². The number of hydrogen-bond acceptors (Lipinski definition) is 3. The van der Waals surface area contributed by atoms with Gasteiger partial charge in [-0.25, -0.2) is 4.79 Å². The van der Waals surface area contributed by atoms with E-state index in [9.17, 15) is 22.8 Å². The molecule has 2 atom stereocenters. The number of fused-ring (bicyclic) bond motifs is 1. The Kier molecular flexibility index (Phi) is 3.92. The summed E-state index contributed by atoms with van der Waals surface area (Å²) in [7, 11) is 3.02. The summed E-state index contributed by atoms with van der Waals surface area (Å²) in [5.41, 5.74) is -1.51. The topological polar surface area (TPSA) is 70.5 Å². The number of halogens is 3. The van der Waals surface area contributed by atoms with Gasteiger partial charge >= 0.3 is 12.2 Å². The molecule has 3 rings (SSSR count). The van der Waals surface area contributed by atoms with Gasteiger partial charge in [0.1, 0.15) is 0 Å². The standard InChI is InChI=1S/C14H18F3N5O2/c1-20-7-10-8(12(20)23)4-3-5-22(10)13(24)18-9-6-21(2)19-11(9)14(15,16)17/h6,8,10H,3-5,7H2,1-2H3,(H,18,24)/t8-,10-/m1/s1. The summed E-state index contributed by atoms with van der Waals surface area (Å²) >= 11 is 0. The van der Waals surface area contributed by atoms with Crippen molar-refractivity contribution < 1.29 is 22.8 Å². The molecule has 0 aliphatic carbocycles. The molecule has 0 aromatic carbocycles. The highest BCUT2D eigenvalue weighted by molar-refractivity contribution is 5.91. The summed E-state index contributed by atoms with van der Waals surface area (Å²) in [4.78, 5) is 27.6. The molecule has 2 aliphatic heterocycles. The Labute approximate surface area is 136 Å². The lowest BCUT2D eigenvalue weighted by atomic mass is 9.92. The molecule has 7 nitrogen and oxygen atoms in total. The van der Waals surface area contributed by atoms with Crippen LogP contribution in [0.4, 0.5) is 23.7 Å². The highest BCUT2D eigenvalue weighted by Gasteiger charge is 2.46. The monoisotopic (exact) mass is 345 g/mol. The van der Waals surface area contributed by atoms with Crippen molar-refractivity contribution in [1.29, 1.82) is 0 Å². The first-order chi connectivity index (χ1) is 11.2. The molecular weight excluding hydrogens is 327 g/mol. The summed E-state index contributed by atoms with van der Waals surface area (Å²) < 4.78 is 39.9. The first-order valence-corrected chi connectivity index (χ1v) is 7.62. The van der Waals surface area contributed by atoms with Gasteiger partial charge in [-0.15, -0.1) is 0 Å². The van der Waals surface area contributed by atoms with Gasteiger partial charge in [0, 0.05) is 33.4 Å². The number of amides is 3. The molecule has 0 spiro atoms. The lowest BCUT2D eigenvalue weighted by Crippen LogP contribution is -2.50. The predicted molar refractivity (Wildman–Crippen MR) is 78.1 cm³/mol. The number of aryl methyl sites for hydroxylation is 1. The van der Waals surface area contributed by atoms with Crippen molar-refractivity contribution in [1.82, 2.24) is 19.6 Å². The number of hydrogen-bond donors (Lipinski definition) is 1. The van der Waals surface area contributed by atoms with Crippen molar-refractivity contribution in [3.63, 3.8) is 0 Å². The number of nitrogens with one attached hydrogen (secondary N) is 1. The fraction of sp³-hybridized carbons (Fsp3) is 0.643. The summed E-state index contributed by atoms with van der Waals surface area (Å²) in [5.74, 6) is -0.291. The Hall–Kier alpha value is -2.26. The lowest BCUT2D eigenvalue weighted by molar-refractivity contribution is -0.140. The van der Waals surface area contributed by atoms with E-state index in [1.807, 2.05) is 0 Å². The molecule has 2 fully saturated rings. The van der Waals surface area contributed by atoms with Crippen LogP contribution in [0.15, 0.2) is 6.20 Å².